The molecule has 2 aliphatic rings. The van der Waals surface area contributed by atoms with Crippen molar-refractivity contribution in [1.82, 2.24) is 4.90 Å². The van der Waals surface area contributed by atoms with E-state index in [1.54, 1.807) is 0 Å². The Labute approximate surface area is 132 Å². The summed E-state index contributed by atoms with van der Waals surface area (Å²) in [4.78, 5) is 16.4. The minimum absolute atomic E-state index is 0.285. The molecule has 0 amide bonds. The summed E-state index contributed by atoms with van der Waals surface area (Å²) in [6, 6.07) is 0. The molecule has 2 rings (SSSR count). The van der Waals surface area contributed by atoms with Crippen molar-refractivity contribution in [2.45, 2.75) is 39.0 Å². The topological polar surface area (TPSA) is 75.6 Å². The molecule has 0 radical (unpaired) electrons. The Morgan fingerprint density at radius 1 is 1.27 bits per heavy atom. The van der Waals surface area contributed by atoms with Crippen LogP contribution in [0.1, 0.15) is 39.0 Å². The number of aliphatic imine (C=N–C) groups is 2. The van der Waals surface area contributed by atoms with E-state index in [4.69, 9.17) is 10.6 Å². The molecule has 2 fully saturated rings. The molecule has 2 N–H and O–H groups in total. The average Bonchev–Trinajstić information content (AvgIpc) is 2.48. The first kappa shape index (κ1) is 16.8. The molecule has 0 atom stereocenters. The zero-order chi connectivity index (χ0) is 15.8. The number of hydrogen-bond donors (Lipinski definition) is 1. The second-order valence-electron chi connectivity index (χ2n) is 5.68. The third kappa shape index (κ3) is 4.48. The van der Waals surface area contributed by atoms with Gasteiger partial charge in [0, 0.05) is 23.5 Å². The van der Waals surface area contributed by atoms with E-state index in [-0.39, 0.29) is 6.67 Å². The molecule has 22 heavy (non-hydrogen) atoms. The second kappa shape index (κ2) is 8.80. The summed E-state index contributed by atoms with van der Waals surface area (Å²) in [7, 11) is 0. The molecular formula is C16H27N5O. The molecular weight excluding hydrogens is 278 g/mol. The van der Waals surface area contributed by atoms with Crippen LogP contribution in [0.3, 0.4) is 0 Å². The van der Waals surface area contributed by atoms with Gasteiger partial charge in [0.15, 0.2) is 0 Å². The van der Waals surface area contributed by atoms with Gasteiger partial charge in [-0.1, -0.05) is 5.16 Å². The van der Waals surface area contributed by atoms with Crippen molar-refractivity contribution in [2.75, 3.05) is 32.9 Å². The Balaban J connectivity index is 1.94. The summed E-state index contributed by atoms with van der Waals surface area (Å²) in [5, 5.41) is 4.34. The van der Waals surface area contributed by atoms with E-state index in [1.807, 2.05) is 6.92 Å². The number of oxime groups is 1. The zero-order valence-electron chi connectivity index (χ0n) is 13.6. The summed E-state index contributed by atoms with van der Waals surface area (Å²) in [5.41, 5.74) is 9.27. The number of nitrogens with two attached hydrogens (primary N) is 1. The van der Waals surface area contributed by atoms with Crippen LogP contribution in [0, 0.1) is 0 Å². The molecule has 6 heteroatoms. The highest BCUT2D eigenvalue weighted by atomic mass is 16.6. The van der Waals surface area contributed by atoms with E-state index < -0.39 is 0 Å². The summed E-state index contributed by atoms with van der Waals surface area (Å²) in [6.07, 6.45) is 5.15. The van der Waals surface area contributed by atoms with Crippen molar-refractivity contribution in [1.29, 1.82) is 0 Å². The highest BCUT2D eigenvalue weighted by Crippen LogP contribution is 2.23. The van der Waals surface area contributed by atoms with Crippen LogP contribution in [0.2, 0.25) is 0 Å². The van der Waals surface area contributed by atoms with Crippen LogP contribution in [0.5, 0.6) is 0 Å². The minimum atomic E-state index is 0.285. The van der Waals surface area contributed by atoms with Gasteiger partial charge in [-0.25, -0.2) is 0 Å². The van der Waals surface area contributed by atoms with Gasteiger partial charge in [0.25, 0.3) is 0 Å². The Morgan fingerprint density at radius 3 is 2.68 bits per heavy atom. The molecule has 0 aromatic carbocycles. The summed E-state index contributed by atoms with van der Waals surface area (Å²) < 4.78 is 0. The van der Waals surface area contributed by atoms with Crippen molar-refractivity contribution >= 4 is 18.1 Å². The highest BCUT2D eigenvalue weighted by Gasteiger charge is 2.22. The van der Waals surface area contributed by atoms with Crippen LogP contribution in [-0.2, 0) is 4.84 Å². The molecule has 1 aliphatic carbocycles. The number of likely N-dealkylation sites (tertiary alicyclic amines) is 1. The van der Waals surface area contributed by atoms with Crippen LogP contribution < -0.4 is 5.73 Å². The number of nitrogens with zero attached hydrogens (tertiary/aromatic N) is 4. The normalized spacial score (nSPS) is 25.2. The highest BCUT2D eigenvalue weighted by molar-refractivity contribution is 6.26. The van der Waals surface area contributed by atoms with Gasteiger partial charge in [0.1, 0.15) is 6.61 Å². The van der Waals surface area contributed by atoms with E-state index in [1.165, 1.54) is 19.5 Å². The predicted molar refractivity (Wildman–Crippen MR) is 91.7 cm³/mol. The Morgan fingerprint density at radius 2 is 2.05 bits per heavy atom. The van der Waals surface area contributed by atoms with Crippen LogP contribution in [-0.4, -0.2) is 56.0 Å². The van der Waals surface area contributed by atoms with Gasteiger partial charge in [0.2, 0.25) is 0 Å². The standard InChI is InChI=1S/C16H27N5O/c1-13(18-2)16-14(19-12-17)6-3-7-15(16)20-22-11-5-10-21-8-4-9-21/h2-12,17H2,1H3/b16-13+,19-14-,20-15+. The van der Waals surface area contributed by atoms with Gasteiger partial charge in [0.05, 0.1) is 12.4 Å². The maximum absolute atomic E-state index is 5.56. The molecule has 0 unspecified atom stereocenters. The van der Waals surface area contributed by atoms with Gasteiger partial charge in [-0.2, -0.15) is 0 Å². The largest absolute Gasteiger partial charge is 0.396 e. The summed E-state index contributed by atoms with van der Waals surface area (Å²) in [5.74, 6) is 0. The van der Waals surface area contributed by atoms with Gasteiger partial charge >= 0.3 is 0 Å². The molecule has 122 valence electrons. The molecule has 0 bridgehead atoms. The lowest BCUT2D eigenvalue weighted by atomic mass is 9.89. The van der Waals surface area contributed by atoms with Crippen molar-refractivity contribution in [3.63, 3.8) is 0 Å². The van der Waals surface area contributed by atoms with E-state index in [9.17, 15) is 0 Å². The predicted octanol–water partition coefficient (Wildman–Crippen LogP) is 1.97. The fraction of sp³-hybridized carbons (Fsp3) is 0.688. The number of allylic oxidation sites excluding steroid dienone is 2. The van der Waals surface area contributed by atoms with Gasteiger partial charge < -0.3 is 15.5 Å². The Hall–Kier alpha value is -1.53. The maximum atomic E-state index is 5.56. The lowest BCUT2D eigenvalue weighted by Gasteiger charge is -2.30. The first-order chi connectivity index (χ1) is 10.8. The fourth-order valence-electron chi connectivity index (χ4n) is 2.78. The van der Waals surface area contributed by atoms with Crippen LogP contribution in [0.25, 0.3) is 0 Å². The van der Waals surface area contributed by atoms with Crippen LogP contribution in [0.4, 0.5) is 0 Å². The fourth-order valence-corrected chi connectivity index (χ4v) is 2.78. The zero-order valence-corrected chi connectivity index (χ0v) is 13.6. The smallest absolute Gasteiger partial charge is 0.118 e. The van der Waals surface area contributed by atoms with Crippen molar-refractivity contribution < 1.29 is 4.84 Å². The number of rotatable bonds is 7. The minimum Gasteiger partial charge on any atom is -0.396 e. The lowest BCUT2D eigenvalue weighted by Crippen LogP contribution is -2.37. The van der Waals surface area contributed by atoms with Gasteiger partial charge in [-0.3, -0.25) is 9.98 Å². The summed E-state index contributed by atoms with van der Waals surface area (Å²) >= 11 is 0. The molecule has 0 aromatic heterocycles. The molecule has 1 saturated heterocycles. The second-order valence-corrected chi connectivity index (χ2v) is 5.68. The molecule has 1 aliphatic heterocycles. The van der Waals surface area contributed by atoms with Crippen molar-refractivity contribution in [3.8, 4) is 0 Å². The SMILES string of the molecule is C=N/C(C)=C1C(=N/CN)\CCCC\1=N/OCCCN1CCC1. The van der Waals surface area contributed by atoms with Gasteiger partial charge in [-0.15, -0.1) is 0 Å². The molecule has 6 nitrogen and oxygen atoms in total. The molecule has 1 saturated carbocycles. The third-order valence-corrected chi connectivity index (χ3v) is 4.12. The van der Waals surface area contributed by atoms with E-state index >= 15 is 0 Å². The third-order valence-electron chi connectivity index (χ3n) is 4.12. The summed E-state index contributed by atoms with van der Waals surface area (Å²) in [6.45, 7) is 10.0. The van der Waals surface area contributed by atoms with E-state index in [0.29, 0.717) is 6.61 Å². The number of hydrogen-bond acceptors (Lipinski definition) is 6. The Kier molecular flexibility index (Phi) is 6.74. The quantitative estimate of drug-likeness (QED) is 0.444. The maximum Gasteiger partial charge on any atom is 0.118 e. The van der Waals surface area contributed by atoms with E-state index in [0.717, 1.165) is 54.9 Å². The van der Waals surface area contributed by atoms with Crippen molar-refractivity contribution in [3.05, 3.63) is 11.3 Å². The van der Waals surface area contributed by atoms with Crippen molar-refractivity contribution in [2.24, 2.45) is 20.9 Å². The first-order valence-electron chi connectivity index (χ1n) is 8.09. The van der Waals surface area contributed by atoms with Gasteiger partial charge in [-0.05, 0) is 58.8 Å². The molecule has 1 heterocycles. The van der Waals surface area contributed by atoms with E-state index in [2.05, 4.69) is 26.8 Å². The van der Waals surface area contributed by atoms with Crippen LogP contribution >= 0.6 is 0 Å². The Bertz CT molecular complexity index is 477. The van der Waals surface area contributed by atoms with Crippen LogP contribution in [0.15, 0.2) is 26.4 Å². The molecule has 0 spiro atoms. The molecule has 0 aromatic rings. The first-order valence-corrected chi connectivity index (χ1v) is 8.09. The lowest BCUT2D eigenvalue weighted by molar-refractivity contribution is 0.113. The average molecular weight is 305 g/mol. The monoisotopic (exact) mass is 305 g/mol.